The zero-order valence-corrected chi connectivity index (χ0v) is 19.5. The maximum atomic E-state index is 13.0. The van der Waals surface area contributed by atoms with E-state index in [9.17, 15) is 18.0 Å². The van der Waals surface area contributed by atoms with Gasteiger partial charge in [0.2, 0.25) is 15.9 Å². The van der Waals surface area contributed by atoms with Gasteiger partial charge in [-0.2, -0.15) is 16.5 Å². The summed E-state index contributed by atoms with van der Waals surface area (Å²) in [5.74, 6) is 0.539. The van der Waals surface area contributed by atoms with Crippen LogP contribution in [0.5, 0.6) is 17.2 Å². The first-order valence-corrected chi connectivity index (χ1v) is 12.9. The zero-order chi connectivity index (χ0) is 23.8. The molecule has 1 aliphatic rings. The van der Waals surface area contributed by atoms with Gasteiger partial charge in [0.15, 0.2) is 18.1 Å². The van der Waals surface area contributed by atoms with Crippen LogP contribution in [0, 0.1) is 0 Å². The highest BCUT2D eigenvalue weighted by Crippen LogP contribution is 2.32. The molecule has 1 aliphatic heterocycles. The van der Waals surface area contributed by atoms with E-state index in [0.717, 1.165) is 0 Å². The van der Waals surface area contributed by atoms with Crippen LogP contribution in [0.2, 0.25) is 0 Å². The summed E-state index contributed by atoms with van der Waals surface area (Å²) in [6.07, 6.45) is 2.14. The van der Waals surface area contributed by atoms with Crippen molar-refractivity contribution in [2.24, 2.45) is 5.73 Å². The lowest BCUT2D eigenvalue weighted by Gasteiger charge is -2.21. The van der Waals surface area contributed by atoms with Crippen LogP contribution >= 0.6 is 11.8 Å². The highest BCUT2D eigenvalue weighted by atomic mass is 32.2. The lowest BCUT2D eigenvalue weighted by molar-refractivity contribution is -0.120. The van der Waals surface area contributed by atoms with E-state index < -0.39 is 27.9 Å². The van der Waals surface area contributed by atoms with Crippen LogP contribution in [-0.2, 0) is 19.6 Å². The van der Waals surface area contributed by atoms with Gasteiger partial charge < -0.3 is 25.3 Å². The summed E-state index contributed by atoms with van der Waals surface area (Å²) in [6, 6.07) is 9.65. The molecule has 12 heteroatoms. The third-order valence-electron chi connectivity index (χ3n) is 4.53. The topological polar surface area (TPSA) is 146 Å². The summed E-state index contributed by atoms with van der Waals surface area (Å²) < 4.78 is 44.6. The standard InChI is InChI=1S/C21H25N3O7S2/c1-32-10-7-17(21(26)23-14-3-2-4-15(11-14)31-13-20(22)25)24-33(27,28)16-5-6-18-19(12-16)30-9-8-29-18/h2-6,11-12,17,24H,7-10,13H2,1H3,(H2,22,25)(H,23,26)/t17-/m0/s1. The summed E-state index contributed by atoms with van der Waals surface area (Å²) >= 11 is 1.49. The number of fused-ring (bicyclic) bond motifs is 1. The van der Waals surface area contributed by atoms with Crippen molar-refractivity contribution < 1.29 is 32.2 Å². The largest absolute Gasteiger partial charge is 0.486 e. The molecular weight excluding hydrogens is 470 g/mol. The fraction of sp³-hybridized carbons (Fsp3) is 0.333. The Morgan fingerprint density at radius 1 is 1.15 bits per heavy atom. The van der Waals surface area contributed by atoms with Crippen molar-refractivity contribution in [2.45, 2.75) is 17.4 Å². The maximum absolute atomic E-state index is 13.0. The SMILES string of the molecule is CSCC[C@H](NS(=O)(=O)c1ccc2c(c1)OCCO2)C(=O)Nc1cccc(OCC(N)=O)c1. The van der Waals surface area contributed by atoms with E-state index in [1.165, 1.54) is 36.0 Å². The molecule has 4 N–H and O–H groups in total. The second kappa shape index (κ2) is 11.3. The molecule has 178 valence electrons. The zero-order valence-electron chi connectivity index (χ0n) is 17.9. The van der Waals surface area contributed by atoms with Crippen LogP contribution in [-0.4, -0.2) is 58.1 Å². The fourth-order valence-corrected chi connectivity index (χ4v) is 4.69. The van der Waals surface area contributed by atoms with E-state index in [4.69, 9.17) is 19.9 Å². The number of amides is 2. The van der Waals surface area contributed by atoms with Crippen molar-refractivity contribution in [3.8, 4) is 17.2 Å². The number of ether oxygens (including phenoxy) is 3. The molecule has 1 atom stereocenters. The Hall–Kier alpha value is -2.96. The van der Waals surface area contributed by atoms with E-state index in [1.807, 2.05) is 6.26 Å². The molecule has 2 aromatic carbocycles. The van der Waals surface area contributed by atoms with Crippen molar-refractivity contribution in [1.82, 2.24) is 4.72 Å². The maximum Gasteiger partial charge on any atom is 0.255 e. The minimum absolute atomic E-state index is 0.0319. The van der Waals surface area contributed by atoms with Crippen LogP contribution in [0.1, 0.15) is 6.42 Å². The van der Waals surface area contributed by atoms with E-state index in [-0.39, 0.29) is 17.9 Å². The van der Waals surface area contributed by atoms with Crippen LogP contribution in [0.25, 0.3) is 0 Å². The van der Waals surface area contributed by atoms with Crippen LogP contribution < -0.4 is 30.0 Å². The molecule has 0 fully saturated rings. The quantitative estimate of drug-likeness (QED) is 0.424. The highest BCUT2D eigenvalue weighted by Gasteiger charge is 2.27. The molecule has 10 nitrogen and oxygen atoms in total. The molecule has 0 saturated carbocycles. The van der Waals surface area contributed by atoms with Crippen molar-refractivity contribution >= 4 is 39.3 Å². The van der Waals surface area contributed by atoms with Crippen molar-refractivity contribution in [3.63, 3.8) is 0 Å². The molecule has 0 aliphatic carbocycles. The number of carbonyl (C=O) groups excluding carboxylic acids is 2. The smallest absolute Gasteiger partial charge is 0.255 e. The summed E-state index contributed by atoms with van der Waals surface area (Å²) in [6.45, 7) is 0.414. The molecule has 33 heavy (non-hydrogen) atoms. The Bertz CT molecular complexity index is 1110. The van der Waals surface area contributed by atoms with Crippen molar-refractivity contribution in [2.75, 3.05) is 37.1 Å². The minimum atomic E-state index is -4.02. The number of hydrogen-bond donors (Lipinski definition) is 3. The summed E-state index contributed by atoms with van der Waals surface area (Å²) in [7, 11) is -4.02. The van der Waals surface area contributed by atoms with Crippen molar-refractivity contribution in [3.05, 3.63) is 42.5 Å². The van der Waals surface area contributed by atoms with Gasteiger partial charge in [0, 0.05) is 17.8 Å². The van der Waals surface area contributed by atoms with Gasteiger partial charge in [-0.05, 0) is 42.7 Å². The molecule has 0 radical (unpaired) electrons. The Labute approximate surface area is 196 Å². The van der Waals surface area contributed by atoms with Crippen LogP contribution in [0.15, 0.2) is 47.4 Å². The van der Waals surface area contributed by atoms with Gasteiger partial charge in [-0.1, -0.05) is 6.07 Å². The number of nitrogens with one attached hydrogen (secondary N) is 2. The number of sulfonamides is 1. The molecule has 0 aromatic heterocycles. The molecule has 2 amide bonds. The summed E-state index contributed by atoms with van der Waals surface area (Å²) in [5, 5.41) is 2.69. The molecular formula is C21H25N3O7S2. The van der Waals surface area contributed by atoms with Gasteiger partial charge in [0.1, 0.15) is 25.0 Å². The average Bonchev–Trinajstić information content (AvgIpc) is 2.80. The molecule has 0 bridgehead atoms. The fourth-order valence-electron chi connectivity index (χ4n) is 2.97. The number of thioether (sulfide) groups is 1. The molecule has 3 rings (SSSR count). The van der Waals surface area contributed by atoms with Gasteiger partial charge >= 0.3 is 0 Å². The van der Waals surface area contributed by atoms with Gasteiger partial charge in [-0.25, -0.2) is 8.42 Å². The predicted octanol–water partition coefficient (Wildman–Crippen LogP) is 1.36. The number of rotatable bonds is 11. The Morgan fingerprint density at radius 3 is 2.64 bits per heavy atom. The lowest BCUT2D eigenvalue weighted by Crippen LogP contribution is -2.44. The Morgan fingerprint density at radius 2 is 1.91 bits per heavy atom. The molecule has 2 aromatic rings. The second-order valence-corrected chi connectivity index (χ2v) is 9.73. The van der Waals surface area contributed by atoms with Gasteiger partial charge in [0.25, 0.3) is 5.91 Å². The summed E-state index contributed by atoms with van der Waals surface area (Å²) in [4.78, 5) is 23.8. The number of benzene rings is 2. The third kappa shape index (κ3) is 7.01. The van der Waals surface area contributed by atoms with Crippen molar-refractivity contribution in [1.29, 1.82) is 0 Å². The van der Waals surface area contributed by atoms with Gasteiger partial charge in [-0.15, -0.1) is 0 Å². The number of primary amides is 1. The monoisotopic (exact) mass is 495 g/mol. The van der Waals surface area contributed by atoms with E-state index in [0.29, 0.717) is 41.9 Å². The third-order valence-corrected chi connectivity index (χ3v) is 6.64. The van der Waals surface area contributed by atoms with Crippen LogP contribution in [0.4, 0.5) is 5.69 Å². The van der Waals surface area contributed by atoms with E-state index in [1.54, 1.807) is 18.2 Å². The highest BCUT2D eigenvalue weighted by molar-refractivity contribution is 7.98. The Kier molecular flexibility index (Phi) is 8.42. The number of carbonyl (C=O) groups is 2. The first-order valence-electron chi connectivity index (χ1n) is 10.0. The Balaban J connectivity index is 1.74. The predicted molar refractivity (Wildman–Crippen MR) is 124 cm³/mol. The van der Waals surface area contributed by atoms with Gasteiger partial charge in [0.05, 0.1) is 4.90 Å². The van der Waals surface area contributed by atoms with E-state index in [2.05, 4.69) is 10.0 Å². The van der Waals surface area contributed by atoms with Crippen LogP contribution in [0.3, 0.4) is 0 Å². The number of hydrogen-bond acceptors (Lipinski definition) is 8. The van der Waals surface area contributed by atoms with E-state index >= 15 is 0 Å². The van der Waals surface area contributed by atoms with Gasteiger partial charge in [-0.3, -0.25) is 9.59 Å². The second-order valence-electron chi connectivity index (χ2n) is 7.03. The molecule has 0 unspecified atom stereocenters. The summed E-state index contributed by atoms with van der Waals surface area (Å²) in [5.41, 5.74) is 5.46. The first-order chi connectivity index (χ1) is 15.8. The molecule has 0 saturated heterocycles. The minimum Gasteiger partial charge on any atom is -0.486 e. The lowest BCUT2D eigenvalue weighted by atomic mass is 10.2. The number of nitrogens with two attached hydrogens (primary N) is 1. The normalized spacial score (nSPS) is 13.7. The molecule has 0 spiro atoms. The average molecular weight is 496 g/mol. The molecule has 1 heterocycles. The number of anilines is 1. The first kappa shape index (κ1) is 24.7.